The van der Waals surface area contributed by atoms with Crippen LogP contribution in [-0.4, -0.2) is 35.3 Å². The molecule has 1 amide bonds. The number of esters is 1. The van der Waals surface area contributed by atoms with Crippen molar-refractivity contribution in [3.05, 3.63) is 22.9 Å². The standard InChI is InChI=1S/C16H19N3O3S/c1-3-22-16(21)12-8-11(9-17)15(19-10(12)2)23-13-6-4-5-7-18-14(13)20/h8,13H,3-7H2,1-2H3,(H,18,20)/t13-/m1/s1. The number of hydrogen-bond acceptors (Lipinski definition) is 6. The van der Waals surface area contributed by atoms with Gasteiger partial charge in [-0.3, -0.25) is 4.79 Å². The highest BCUT2D eigenvalue weighted by molar-refractivity contribution is 8.00. The summed E-state index contributed by atoms with van der Waals surface area (Å²) in [4.78, 5) is 28.3. The topological polar surface area (TPSA) is 92.1 Å². The maximum absolute atomic E-state index is 12.0. The summed E-state index contributed by atoms with van der Waals surface area (Å²) in [5, 5.41) is 12.4. The van der Waals surface area contributed by atoms with Crippen LogP contribution in [0.1, 0.15) is 47.8 Å². The van der Waals surface area contributed by atoms with E-state index in [1.54, 1.807) is 13.8 Å². The van der Waals surface area contributed by atoms with Crippen molar-refractivity contribution in [2.24, 2.45) is 0 Å². The van der Waals surface area contributed by atoms with Crippen molar-refractivity contribution in [3.63, 3.8) is 0 Å². The van der Waals surface area contributed by atoms with E-state index in [9.17, 15) is 14.9 Å². The van der Waals surface area contributed by atoms with Gasteiger partial charge in [0.2, 0.25) is 5.91 Å². The zero-order valence-electron chi connectivity index (χ0n) is 13.2. The zero-order valence-corrected chi connectivity index (χ0v) is 14.0. The van der Waals surface area contributed by atoms with Gasteiger partial charge in [-0.25, -0.2) is 9.78 Å². The van der Waals surface area contributed by atoms with Crippen LogP contribution in [0.25, 0.3) is 0 Å². The number of nitrogens with zero attached hydrogens (tertiary/aromatic N) is 2. The van der Waals surface area contributed by atoms with E-state index in [0.29, 0.717) is 22.8 Å². The highest BCUT2D eigenvalue weighted by Gasteiger charge is 2.25. The second-order valence-electron chi connectivity index (χ2n) is 5.20. The molecule has 1 aliphatic rings. The number of carbonyl (C=O) groups is 2. The number of pyridine rings is 1. The molecule has 122 valence electrons. The quantitative estimate of drug-likeness (QED) is 0.849. The Morgan fingerprint density at radius 1 is 1.57 bits per heavy atom. The molecular formula is C16H19N3O3S. The molecule has 1 saturated heterocycles. The number of nitrogens with one attached hydrogen (secondary N) is 1. The molecule has 7 heteroatoms. The van der Waals surface area contributed by atoms with Crippen molar-refractivity contribution >= 4 is 23.6 Å². The third-order valence-corrected chi connectivity index (χ3v) is 4.80. The van der Waals surface area contributed by atoms with E-state index < -0.39 is 5.97 Å². The van der Waals surface area contributed by atoms with Gasteiger partial charge in [0.15, 0.2) is 0 Å². The smallest absolute Gasteiger partial charge is 0.340 e. The Morgan fingerprint density at radius 3 is 3.04 bits per heavy atom. The van der Waals surface area contributed by atoms with Gasteiger partial charge in [-0.2, -0.15) is 5.26 Å². The summed E-state index contributed by atoms with van der Waals surface area (Å²) in [6.45, 7) is 4.37. The maximum atomic E-state index is 12.0. The second kappa shape index (κ2) is 7.97. The predicted octanol–water partition coefficient (Wildman–Crippen LogP) is 2.20. The molecule has 0 spiro atoms. The second-order valence-corrected chi connectivity index (χ2v) is 6.39. The van der Waals surface area contributed by atoms with Crippen LogP contribution in [0.5, 0.6) is 0 Å². The van der Waals surface area contributed by atoms with Crippen molar-refractivity contribution in [1.29, 1.82) is 5.26 Å². The summed E-state index contributed by atoms with van der Waals surface area (Å²) in [5.74, 6) is -0.511. The molecule has 0 aliphatic carbocycles. The number of aromatic nitrogens is 1. The molecule has 0 saturated carbocycles. The van der Waals surface area contributed by atoms with E-state index in [0.717, 1.165) is 19.3 Å². The van der Waals surface area contributed by atoms with Crippen molar-refractivity contribution < 1.29 is 14.3 Å². The van der Waals surface area contributed by atoms with E-state index in [1.807, 2.05) is 0 Å². The van der Waals surface area contributed by atoms with Crippen LogP contribution in [0.15, 0.2) is 11.1 Å². The van der Waals surface area contributed by atoms with Crippen LogP contribution < -0.4 is 5.32 Å². The van der Waals surface area contributed by atoms with Crippen molar-refractivity contribution in [2.75, 3.05) is 13.2 Å². The number of hydrogen-bond donors (Lipinski definition) is 1. The lowest BCUT2D eigenvalue weighted by Crippen LogP contribution is -2.30. The van der Waals surface area contributed by atoms with Crippen LogP contribution in [0, 0.1) is 18.3 Å². The average molecular weight is 333 g/mol. The van der Waals surface area contributed by atoms with Gasteiger partial charge in [0.1, 0.15) is 11.1 Å². The molecule has 6 nitrogen and oxygen atoms in total. The van der Waals surface area contributed by atoms with Crippen LogP contribution in [-0.2, 0) is 9.53 Å². The molecule has 2 heterocycles. The number of ether oxygens (including phenoxy) is 1. The number of rotatable bonds is 4. The predicted molar refractivity (Wildman–Crippen MR) is 86.2 cm³/mol. The maximum Gasteiger partial charge on any atom is 0.340 e. The molecular weight excluding hydrogens is 314 g/mol. The van der Waals surface area contributed by atoms with Gasteiger partial charge in [0, 0.05) is 6.54 Å². The van der Waals surface area contributed by atoms with E-state index in [-0.39, 0.29) is 23.3 Å². The highest BCUT2D eigenvalue weighted by atomic mass is 32.2. The molecule has 1 atom stereocenters. The minimum Gasteiger partial charge on any atom is -0.462 e. The molecule has 0 aromatic carbocycles. The van der Waals surface area contributed by atoms with Gasteiger partial charge in [0.05, 0.1) is 28.7 Å². The summed E-state index contributed by atoms with van der Waals surface area (Å²) in [6, 6.07) is 3.55. The van der Waals surface area contributed by atoms with Gasteiger partial charge in [-0.05, 0) is 32.8 Å². The Morgan fingerprint density at radius 2 is 2.35 bits per heavy atom. The van der Waals surface area contributed by atoms with E-state index in [1.165, 1.54) is 17.8 Å². The van der Waals surface area contributed by atoms with Crippen LogP contribution in [0.4, 0.5) is 0 Å². The highest BCUT2D eigenvalue weighted by Crippen LogP contribution is 2.30. The van der Waals surface area contributed by atoms with Crippen molar-refractivity contribution in [3.8, 4) is 6.07 Å². The number of amides is 1. The first-order valence-corrected chi connectivity index (χ1v) is 8.48. The minimum absolute atomic E-state index is 0.0229. The summed E-state index contributed by atoms with van der Waals surface area (Å²) in [7, 11) is 0. The Balaban J connectivity index is 2.28. The SMILES string of the molecule is CCOC(=O)c1cc(C#N)c(S[C@@H]2CCCCNC2=O)nc1C. The first kappa shape index (κ1) is 17.3. The molecule has 2 rings (SSSR count). The summed E-state index contributed by atoms with van der Waals surface area (Å²) < 4.78 is 4.97. The van der Waals surface area contributed by atoms with Crippen molar-refractivity contribution in [1.82, 2.24) is 10.3 Å². The summed E-state index contributed by atoms with van der Waals surface area (Å²) in [6.07, 6.45) is 2.67. The van der Waals surface area contributed by atoms with Crippen LogP contribution in [0.2, 0.25) is 0 Å². The summed E-state index contributed by atoms with van der Waals surface area (Å²) in [5.41, 5.74) is 1.08. The third kappa shape index (κ3) is 4.23. The van der Waals surface area contributed by atoms with Gasteiger partial charge >= 0.3 is 5.97 Å². The molecule has 0 radical (unpaired) electrons. The number of nitriles is 1. The molecule has 1 N–H and O–H groups in total. The first-order chi connectivity index (χ1) is 11.1. The Labute approximate surface area is 139 Å². The molecule has 23 heavy (non-hydrogen) atoms. The van der Waals surface area contributed by atoms with Crippen molar-refractivity contribution in [2.45, 2.75) is 43.4 Å². The van der Waals surface area contributed by atoms with Gasteiger partial charge in [-0.15, -0.1) is 0 Å². The molecule has 1 aromatic rings. The minimum atomic E-state index is -0.488. The monoisotopic (exact) mass is 333 g/mol. The fourth-order valence-electron chi connectivity index (χ4n) is 2.33. The van der Waals surface area contributed by atoms with Gasteiger partial charge in [0.25, 0.3) is 0 Å². The van der Waals surface area contributed by atoms with Gasteiger partial charge in [-0.1, -0.05) is 18.2 Å². The molecule has 1 aliphatic heterocycles. The molecule has 0 bridgehead atoms. The van der Waals surface area contributed by atoms with Crippen LogP contribution >= 0.6 is 11.8 Å². The van der Waals surface area contributed by atoms with E-state index in [4.69, 9.17) is 4.74 Å². The van der Waals surface area contributed by atoms with E-state index in [2.05, 4.69) is 16.4 Å². The number of carbonyl (C=O) groups excluding carboxylic acids is 2. The summed E-state index contributed by atoms with van der Waals surface area (Å²) >= 11 is 1.29. The van der Waals surface area contributed by atoms with E-state index >= 15 is 0 Å². The lowest BCUT2D eigenvalue weighted by atomic mass is 10.1. The largest absolute Gasteiger partial charge is 0.462 e. The lowest BCUT2D eigenvalue weighted by Gasteiger charge is -2.14. The Hall–Kier alpha value is -2.07. The lowest BCUT2D eigenvalue weighted by molar-refractivity contribution is -0.120. The normalized spacial score (nSPS) is 17.8. The molecule has 1 fully saturated rings. The molecule has 0 unspecified atom stereocenters. The Kier molecular flexibility index (Phi) is 5.99. The first-order valence-electron chi connectivity index (χ1n) is 7.60. The number of aryl methyl sites for hydroxylation is 1. The van der Waals surface area contributed by atoms with Gasteiger partial charge < -0.3 is 10.1 Å². The van der Waals surface area contributed by atoms with Crippen LogP contribution in [0.3, 0.4) is 0 Å². The molecule has 1 aromatic heterocycles. The fourth-order valence-corrected chi connectivity index (χ4v) is 3.49. The fraction of sp³-hybridized carbons (Fsp3) is 0.500. The zero-order chi connectivity index (χ0) is 16.8. The Bertz CT molecular complexity index is 655. The third-order valence-electron chi connectivity index (χ3n) is 3.53. The average Bonchev–Trinajstić information content (AvgIpc) is 2.73. The number of thioether (sulfide) groups is 1.